The minimum absolute atomic E-state index is 0.0446. The molecule has 0 bridgehead atoms. The number of amides is 1. The van der Waals surface area contributed by atoms with Gasteiger partial charge in [0.2, 0.25) is 5.91 Å². The maximum absolute atomic E-state index is 13.2. The highest BCUT2D eigenvalue weighted by molar-refractivity contribution is 6.31. The molecule has 8 heteroatoms. The van der Waals surface area contributed by atoms with E-state index in [-0.39, 0.29) is 30.5 Å². The van der Waals surface area contributed by atoms with Gasteiger partial charge in [0.25, 0.3) is 5.91 Å². The highest BCUT2D eigenvalue weighted by Gasteiger charge is 2.21. The Morgan fingerprint density at radius 2 is 1.90 bits per heavy atom. The van der Waals surface area contributed by atoms with Crippen LogP contribution in [0.25, 0.3) is 10.9 Å². The number of aromatic hydroxyl groups is 1. The summed E-state index contributed by atoms with van der Waals surface area (Å²) in [4.78, 5) is 36.3. The first-order chi connectivity index (χ1) is 14.7. The third-order valence-electron chi connectivity index (χ3n) is 5.22. The van der Waals surface area contributed by atoms with E-state index >= 15 is 0 Å². The van der Waals surface area contributed by atoms with Crippen LogP contribution in [0.15, 0.2) is 42.5 Å². The molecule has 2 aromatic carbocycles. The molecule has 7 nitrogen and oxygen atoms in total. The number of rotatable bonds is 7. The van der Waals surface area contributed by atoms with Crippen LogP contribution >= 0.6 is 11.6 Å². The van der Waals surface area contributed by atoms with Crippen LogP contribution in [-0.4, -0.2) is 39.1 Å². The number of carbonyl (C=O) groups excluding carboxylic acids is 2. The van der Waals surface area contributed by atoms with Crippen LogP contribution in [-0.2, 0) is 16.0 Å². The maximum atomic E-state index is 13.2. The highest BCUT2D eigenvalue weighted by atomic mass is 35.5. The summed E-state index contributed by atoms with van der Waals surface area (Å²) in [6.45, 7) is 3.35. The lowest BCUT2D eigenvalue weighted by Crippen LogP contribution is -2.31. The average molecular weight is 443 g/mol. The molecule has 31 heavy (non-hydrogen) atoms. The predicted octanol–water partition coefficient (Wildman–Crippen LogP) is 3.77. The van der Waals surface area contributed by atoms with Gasteiger partial charge in [-0.2, -0.15) is 0 Å². The first-order valence-corrected chi connectivity index (χ1v) is 10.2. The first kappa shape index (κ1) is 22.4. The normalized spacial score (nSPS) is 12.0. The third kappa shape index (κ3) is 4.88. The Balaban J connectivity index is 1.91. The summed E-state index contributed by atoms with van der Waals surface area (Å²) in [7, 11) is 0. The SMILES string of the molecule is Cc1c(CCC(=O)NC[C@H](C)C(=O)O)c2cc(O)ccc2n1C(=O)c1cccc(Cl)c1. The molecule has 1 atom stereocenters. The van der Waals surface area contributed by atoms with Crippen molar-refractivity contribution in [1.82, 2.24) is 9.88 Å². The lowest BCUT2D eigenvalue weighted by atomic mass is 10.1. The number of aryl methyl sites for hydroxylation is 1. The summed E-state index contributed by atoms with van der Waals surface area (Å²) in [5.74, 6) is -2.15. The molecule has 0 aliphatic heterocycles. The van der Waals surface area contributed by atoms with Crippen molar-refractivity contribution in [2.24, 2.45) is 5.92 Å². The van der Waals surface area contributed by atoms with Gasteiger partial charge in [0.15, 0.2) is 0 Å². The number of hydrogen-bond acceptors (Lipinski definition) is 4. The number of carbonyl (C=O) groups is 3. The van der Waals surface area contributed by atoms with E-state index in [1.807, 2.05) is 0 Å². The molecule has 0 saturated carbocycles. The van der Waals surface area contributed by atoms with Gasteiger partial charge in [-0.3, -0.25) is 19.0 Å². The van der Waals surface area contributed by atoms with E-state index in [9.17, 15) is 19.5 Å². The van der Waals surface area contributed by atoms with Gasteiger partial charge in [-0.05, 0) is 55.3 Å². The zero-order valence-corrected chi connectivity index (χ0v) is 17.9. The van der Waals surface area contributed by atoms with Gasteiger partial charge in [0.1, 0.15) is 5.75 Å². The van der Waals surface area contributed by atoms with Gasteiger partial charge in [-0.15, -0.1) is 0 Å². The van der Waals surface area contributed by atoms with Crippen LogP contribution in [0.3, 0.4) is 0 Å². The van der Waals surface area contributed by atoms with Crippen LogP contribution < -0.4 is 5.32 Å². The number of nitrogens with one attached hydrogen (secondary N) is 1. The van der Waals surface area contributed by atoms with Gasteiger partial charge in [0.05, 0.1) is 11.4 Å². The van der Waals surface area contributed by atoms with Crippen molar-refractivity contribution in [3.8, 4) is 5.75 Å². The van der Waals surface area contributed by atoms with Crippen LogP contribution in [0, 0.1) is 12.8 Å². The predicted molar refractivity (Wildman–Crippen MR) is 118 cm³/mol. The Kier molecular flexibility index (Phi) is 6.65. The molecule has 0 radical (unpaired) electrons. The number of halogens is 1. The number of phenols is 1. The molecule has 3 aromatic rings. The number of benzene rings is 2. The van der Waals surface area contributed by atoms with E-state index in [2.05, 4.69) is 5.32 Å². The topological polar surface area (TPSA) is 109 Å². The first-order valence-electron chi connectivity index (χ1n) is 9.81. The van der Waals surface area contributed by atoms with E-state index in [1.54, 1.807) is 47.9 Å². The van der Waals surface area contributed by atoms with Crippen molar-refractivity contribution in [3.63, 3.8) is 0 Å². The summed E-state index contributed by atoms with van der Waals surface area (Å²) < 4.78 is 1.56. The minimum Gasteiger partial charge on any atom is -0.508 e. The number of hydrogen-bond donors (Lipinski definition) is 3. The molecule has 0 fully saturated rings. The summed E-state index contributed by atoms with van der Waals surface area (Å²) in [5.41, 5.74) is 2.47. The van der Waals surface area contributed by atoms with E-state index in [1.165, 1.54) is 13.0 Å². The Hall–Kier alpha value is -3.32. The number of aliphatic carboxylic acids is 1. The molecule has 3 rings (SSSR count). The monoisotopic (exact) mass is 442 g/mol. The van der Waals surface area contributed by atoms with E-state index < -0.39 is 11.9 Å². The third-order valence-corrected chi connectivity index (χ3v) is 5.46. The van der Waals surface area contributed by atoms with E-state index in [0.29, 0.717) is 33.6 Å². The van der Waals surface area contributed by atoms with Crippen molar-refractivity contribution in [1.29, 1.82) is 0 Å². The van der Waals surface area contributed by atoms with Crippen LogP contribution in [0.5, 0.6) is 5.75 Å². The van der Waals surface area contributed by atoms with Crippen molar-refractivity contribution in [3.05, 3.63) is 64.3 Å². The fourth-order valence-corrected chi connectivity index (χ4v) is 3.67. The van der Waals surface area contributed by atoms with Gasteiger partial charge in [0, 0.05) is 34.6 Å². The summed E-state index contributed by atoms with van der Waals surface area (Å²) in [6, 6.07) is 11.4. The summed E-state index contributed by atoms with van der Waals surface area (Å²) in [6.07, 6.45) is 0.447. The second kappa shape index (κ2) is 9.22. The lowest BCUT2D eigenvalue weighted by molar-refractivity contribution is -0.141. The molecular weight excluding hydrogens is 420 g/mol. The molecule has 0 aliphatic rings. The molecule has 0 unspecified atom stereocenters. The van der Waals surface area contributed by atoms with E-state index in [4.69, 9.17) is 16.7 Å². The van der Waals surface area contributed by atoms with Crippen molar-refractivity contribution in [2.45, 2.75) is 26.7 Å². The van der Waals surface area contributed by atoms with E-state index in [0.717, 1.165) is 5.56 Å². The highest BCUT2D eigenvalue weighted by Crippen LogP contribution is 2.31. The maximum Gasteiger partial charge on any atom is 0.308 e. The Morgan fingerprint density at radius 1 is 1.16 bits per heavy atom. The van der Waals surface area contributed by atoms with Crippen molar-refractivity contribution < 1.29 is 24.6 Å². The zero-order valence-electron chi connectivity index (χ0n) is 17.2. The van der Waals surface area contributed by atoms with Gasteiger partial charge in [-0.25, -0.2) is 0 Å². The molecular formula is C23H23ClN2O5. The lowest BCUT2D eigenvalue weighted by Gasteiger charge is -2.09. The van der Waals surface area contributed by atoms with Gasteiger partial charge < -0.3 is 15.5 Å². The molecule has 1 amide bonds. The minimum atomic E-state index is -0.978. The Bertz CT molecular complexity index is 1170. The summed E-state index contributed by atoms with van der Waals surface area (Å²) in [5, 5.41) is 22.7. The van der Waals surface area contributed by atoms with Crippen LogP contribution in [0.4, 0.5) is 0 Å². The molecule has 0 aliphatic carbocycles. The van der Waals surface area contributed by atoms with Crippen LogP contribution in [0.1, 0.15) is 35.0 Å². The second-order valence-electron chi connectivity index (χ2n) is 7.46. The average Bonchev–Trinajstić information content (AvgIpc) is 3.00. The zero-order chi connectivity index (χ0) is 22.7. The number of carboxylic acids is 1. The smallest absolute Gasteiger partial charge is 0.308 e. The second-order valence-corrected chi connectivity index (χ2v) is 7.90. The standard InChI is InChI=1S/C23H23ClN2O5/c1-13(23(30)31)12-25-21(28)9-7-18-14(2)26(20-8-6-17(27)11-19(18)20)22(29)15-4-3-5-16(24)10-15/h3-6,8,10-11,13,27H,7,9,12H2,1-2H3,(H,25,28)(H,30,31)/t13-/m0/s1. The van der Waals surface area contributed by atoms with Gasteiger partial charge >= 0.3 is 5.97 Å². The van der Waals surface area contributed by atoms with Gasteiger partial charge in [-0.1, -0.05) is 24.6 Å². The van der Waals surface area contributed by atoms with Crippen molar-refractivity contribution in [2.75, 3.05) is 6.54 Å². The number of aromatic nitrogens is 1. The Morgan fingerprint density at radius 3 is 2.58 bits per heavy atom. The molecule has 1 heterocycles. The largest absolute Gasteiger partial charge is 0.508 e. The molecule has 0 spiro atoms. The fraction of sp³-hybridized carbons (Fsp3) is 0.261. The molecule has 1 aromatic heterocycles. The van der Waals surface area contributed by atoms with Crippen molar-refractivity contribution >= 4 is 40.3 Å². The Labute approximate surface area is 184 Å². The van der Waals surface area contributed by atoms with Crippen LogP contribution in [0.2, 0.25) is 5.02 Å². The number of fused-ring (bicyclic) bond motifs is 1. The fourth-order valence-electron chi connectivity index (χ4n) is 3.48. The quantitative estimate of drug-likeness (QED) is 0.516. The number of carboxylic acid groups (broad SMARTS) is 1. The summed E-state index contributed by atoms with van der Waals surface area (Å²) >= 11 is 6.04. The number of phenolic OH excluding ortho intramolecular Hbond substituents is 1. The molecule has 0 saturated heterocycles. The molecule has 3 N–H and O–H groups in total. The number of nitrogens with zero attached hydrogens (tertiary/aromatic N) is 1. The molecule has 162 valence electrons.